The minimum Gasteiger partial charge on any atom is -0.462 e. The Kier molecular flexibility index (Phi) is 55.4. The maximum atomic E-state index is 12.9. The van der Waals surface area contributed by atoms with E-state index in [2.05, 4.69) is 34.6 Å². The van der Waals surface area contributed by atoms with E-state index in [1.54, 1.807) is 0 Å². The van der Waals surface area contributed by atoms with Gasteiger partial charge in [0.2, 0.25) is 0 Å². The third-order valence-corrected chi connectivity index (χ3v) is 15.1. The Morgan fingerprint density at radius 1 is 0.300 bits per heavy atom. The summed E-state index contributed by atoms with van der Waals surface area (Å²) in [6.07, 6.45) is 62.4. The lowest BCUT2D eigenvalue weighted by molar-refractivity contribution is -0.167. The van der Waals surface area contributed by atoms with Crippen LogP contribution in [0.5, 0.6) is 0 Å². The zero-order valence-corrected chi connectivity index (χ0v) is 48.2. The summed E-state index contributed by atoms with van der Waals surface area (Å²) >= 11 is 0. The van der Waals surface area contributed by atoms with E-state index in [9.17, 15) is 14.4 Å². The third kappa shape index (κ3) is 55.7. The molecule has 0 N–H and O–H groups in total. The zero-order chi connectivity index (χ0) is 51.1. The number of hydrogen-bond donors (Lipinski definition) is 0. The lowest BCUT2D eigenvalue weighted by atomic mass is 9.99. The zero-order valence-electron chi connectivity index (χ0n) is 48.2. The van der Waals surface area contributed by atoms with Crippen LogP contribution in [0.3, 0.4) is 0 Å². The Balaban J connectivity index is 4.24. The molecule has 2 atom stereocenters. The molecule has 0 rings (SSSR count). The second-order valence-electron chi connectivity index (χ2n) is 22.8. The molecular weight excluding hydrogens is 865 g/mol. The highest BCUT2D eigenvalue weighted by molar-refractivity contribution is 5.71. The summed E-state index contributed by atoms with van der Waals surface area (Å²) in [6.45, 7) is 11.5. The molecule has 0 spiro atoms. The van der Waals surface area contributed by atoms with Gasteiger partial charge in [0, 0.05) is 19.3 Å². The third-order valence-electron chi connectivity index (χ3n) is 15.1. The largest absolute Gasteiger partial charge is 0.462 e. The molecule has 1 unspecified atom stereocenters. The van der Waals surface area contributed by atoms with Crippen molar-refractivity contribution in [1.29, 1.82) is 0 Å². The first-order valence-corrected chi connectivity index (χ1v) is 31.8. The number of esters is 3. The van der Waals surface area contributed by atoms with Crippen LogP contribution in [-0.4, -0.2) is 37.2 Å². The highest BCUT2D eigenvalue weighted by atomic mass is 16.6. The quantitative estimate of drug-likeness (QED) is 0.0343. The minimum absolute atomic E-state index is 0.0618. The highest BCUT2D eigenvalue weighted by Crippen LogP contribution is 2.19. The predicted molar refractivity (Wildman–Crippen MR) is 303 cm³/mol. The number of carbonyl (C=O) groups is 3. The maximum absolute atomic E-state index is 12.9. The molecule has 6 nitrogen and oxygen atoms in total. The predicted octanol–water partition coefficient (Wildman–Crippen LogP) is 21.2. The molecule has 70 heavy (non-hydrogen) atoms. The van der Waals surface area contributed by atoms with Gasteiger partial charge in [0.15, 0.2) is 6.10 Å². The number of carbonyl (C=O) groups excluding carboxylic acids is 3. The van der Waals surface area contributed by atoms with Crippen molar-refractivity contribution in [2.75, 3.05) is 13.2 Å². The Hall–Kier alpha value is -1.59. The first-order valence-electron chi connectivity index (χ1n) is 31.8. The van der Waals surface area contributed by atoms with E-state index >= 15 is 0 Å². The monoisotopic (exact) mass is 989 g/mol. The second-order valence-corrected chi connectivity index (χ2v) is 22.8. The summed E-state index contributed by atoms with van der Waals surface area (Å²) in [5, 5.41) is 0. The van der Waals surface area contributed by atoms with Crippen molar-refractivity contribution in [2.45, 2.75) is 368 Å². The van der Waals surface area contributed by atoms with Crippen LogP contribution in [-0.2, 0) is 28.6 Å². The fraction of sp³-hybridized carbons (Fsp3) is 0.953. The van der Waals surface area contributed by atoms with Gasteiger partial charge in [-0.25, -0.2) is 0 Å². The highest BCUT2D eigenvalue weighted by Gasteiger charge is 2.19. The van der Waals surface area contributed by atoms with Crippen molar-refractivity contribution in [3.05, 3.63) is 0 Å². The Labute approximate surface area is 438 Å². The van der Waals surface area contributed by atoms with Gasteiger partial charge in [-0.05, 0) is 31.1 Å². The average molecular weight is 990 g/mol. The fourth-order valence-corrected chi connectivity index (χ4v) is 9.90. The van der Waals surface area contributed by atoms with Gasteiger partial charge in [0.1, 0.15) is 13.2 Å². The lowest BCUT2D eigenvalue weighted by Crippen LogP contribution is -2.30. The Morgan fingerprint density at radius 2 is 0.543 bits per heavy atom. The van der Waals surface area contributed by atoms with E-state index in [1.165, 1.54) is 250 Å². The molecule has 0 aliphatic carbocycles. The van der Waals surface area contributed by atoms with Crippen molar-refractivity contribution in [3.8, 4) is 0 Å². The Bertz CT molecular complexity index is 1070. The molecule has 0 saturated heterocycles. The van der Waals surface area contributed by atoms with Gasteiger partial charge < -0.3 is 14.2 Å². The molecule has 0 aliphatic heterocycles. The number of hydrogen-bond acceptors (Lipinski definition) is 6. The molecule has 0 aromatic rings. The number of rotatable bonds is 58. The number of unbranched alkanes of at least 4 members (excludes halogenated alkanes) is 42. The summed E-state index contributed by atoms with van der Waals surface area (Å²) < 4.78 is 16.9. The van der Waals surface area contributed by atoms with E-state index in [0.29, 0.717) is 19.3 Å². The van der Waals surface area contributed by atoms with E-state index < -0.39 is 6.10 Å². The van der Waals surface area contributed by atoms with E-state index in [-0.39, 0.29) is 31.1 Å². The van der Waals surface area contributed by atoms with Crippen molar-refractivity contribution in [1.82, 2.24) is 0 Å². The van der Waals surface area contributed by atoms with Gasteiger partial charge in [0.25, 0.3) is 0 Å². The molecule has 416 valence electrons. The molecule has 0 saturated carbocycles. The average Bonchev–Trinajstić information content (AvgIpc) is 3.35. The molecule has 0 fully saturated rings. The van der Waals surface area contributed by atoms with Crippen LogP contribution < -0.4 is 0 Å². The standard InChI is InChI=1S/C64H124O6/c1-6-8-9-10-11-12-13-22-31-36-41-46-51-56-64(67)70-61(58-69-63(66)55-50-45-40-35-30-26-21-20-24-28-33-38-43-48-53-60(5)7-2)57-68-62(65)54-49-44-39-34-29-25-19-17-15-14-16-18-23-27-32-37-42-47-52-59(3)4/h59-61H,6-58H2,1-5H3/t60?,61-/m1/s1. The van der Waals surface area contributed by atoms with Crippen LogP contribution in [0, 0.1) is 11.8 Å². The van der Waals surface area contributed by atoms with Crippen LogP contribution >= 0.6 is 0 Å². The van der Waals surface area contributed by atoms with Gasteiger partial charge in [0.05, 0.1) is 0 Å². The SMILES string of the molecule is CCCCCCCCCCCCCCCC(=O)O[C@H](COC(=O)CCCCCCCCCCCCCCCCCCCCC(C)C)COC(=O)CCCCCCCCCCCCCCCCC(C)CC. The van der Waals surface area contributed by atoms with Gasteiger partial charge in [-0.15, -0.1) is 0 Å². The van der Waals surface area contributed by atoms with Gasteiger partial charge in [-0.3, -0.25) is 14.4 Å². The first-order chi connectivity index (χ1) is 34.3. The van der Waals surface area contributed by atoms with Crippen LogP contribution in [0.1, 0.15) is 362 Å². The van der Waals surface area contributed by atoms with E-state index in [1.807, 2.05) is 0 Å². The summed E-state index contributed by atoms with van der Waals surface area (Å²) in [5.74, 6) is 0.923. The maximum Gasteiger partial charge on any atom is 0.306 e. The van der Waals surface area contributed by atoms with Gasteiger partial charge in [-0.1, -0.05) is 324 Å². The Morgan fingerprint density at radius 3 is 0.814 bits per heavy atom. The molecule has 6 heteroatoms. The molecule has 0 bridgehead atoms. The summed E-state index contributed by atoms with van der Waals surface area (Å²) in [4.78, 5) is 38.3. The van der Waals surface area contributed by atoms with Crippen LogP contribution in [0.2, 0.25) is 0 Å². The molecule has 0 aliphatic rings. The number of ether oxygens (including phenoxy) is 3. The van der Waals surface area contributed by atoms with Crippen LogP contribution in [0.25, 0.3) is 0 Å². The molecule has 0 heterocycles. The molecular formula is C64H124O6. The molecule has 0 radical (unpaired) electrons. The summed E-state index contributed by atoms with van der Waals surface area (Å²) in [7, 11) is 0. The van der Waals surface area contributed by atoms with Crippen molar-refractivity contribution >= 4 is 17.9 Å². The fourth-order valence-electron chi connectivity index (χ4n) is 9.90. The minimum atomic E-state index is -0.763. The van der Waals surface area contributed by atoms with Crippen LogP contribution in [0.15, 0.2) is 0 Å². The molecule has 0 aromatic heterocycles. The summed E-state index contributed by atoms with van der Waals surface area (Å²) in [5.41, 5.74) is 0. The van der Waals surface area contributed by atoms with E-state index in [4.69, 9.17) is 14.2 Å². The van der Waals surface area contributed by atoms with Gasteiger partial charge in [-0.2, -0.15) is 0 Å². The van der Waals surface area contributed by atoms with Crippen molar-refractivity contribution in [3.63, 3.8) is 0 Å². The second kappa shape index (κ2) is 56.7. The lowest BCUT2D eigenvalue weighted by Gasteiger charge is -2.18. The topological polar surface area (TPSA) is 78.9 Å². The molecule has 0 amide bonds. The van der Waals surface area contributed by atoms with E-state index in [0.717, 1.165) is 69.6 Å². The molecule has 0 aromatic carbocycles. The smallest absolute Gasteiger partial charge is 0.306 e. The summed E-state index contributed by atoms with van der Waals surface area (Å²) in [6, 6.07) is 0. The normalized spacial score (nSPS) is 12.4. The van der Waals surface area contributed by atoms with Gasteiger partial charge >= 0.3 is 17.9 Å². The first kappa shape index (κ1) is 68.4. The van der Waals surface area contributed by atoms with Crippen molar-refractivity contribution in [2.24, 2.45) is 11.8 Å². The van der Waals surface area contributed by atoms with Crippen LogP contribution in [0.4, 0.5) is 0 Å². The van der Waals surface area contributed by atoms with Crippen molar-refractivity contribution < 1.29 is 28.6 Å².